The Morgan fingerprint density at radius 3 is 2.95 bits per heavy atom. The summed E-state index contributed by atoms with van der Waals surface area (Å²) < 4.78 is 1.65. The predicted octanol–water partition coefficient (Wildman–Crippen LogP) is 1.58. The topological polar surface area (TPSA) is 72.8 Å². The van der Waals surface area contributed by atoms with Crippen molar-refractivity contribution in [2.75, 3.05) is 12.3 Å². The summed E-state index contributed by atoms with van der Waals surface area (Å²) in [6.45, 7) is 4.51. The Balaban J connectivity index is 2.39. The number of rotatable bonds is 2. The minimum Gasteiger partial charge on any atom is -0.323 e. The molecule has 3 rings (SSSR count). The molecule has 0 saturated heterocycles. The second-order valence-electron chi connectivity index (χ2n) is 4.50. The third-order valence-electron chi connectivity index (χ3n) is 3.00. The SMILES string of the molecule is Cc1csc2nc(C(C)N)c(C3=NCCS3)c(=O)n12. The van der Waals surface area contributed by atoms with Gasteiger partial charge in [-0.2, -0.15) is 0 Å². The van der Waals surface area contributed by atoms with Gasteiger partial charge in [-0.3, -0.25) is 14.2 Å². The highest BCUT2D eigenvalue weighted by Crippen LogP contribution is 2.23. The molecule has 0 saturated carbocycles. The Morgan fingerprint density at radius 2 is 2.32 bits per heavy atom. The van der Waals surface area contributed by atoms with Crippen molar-refractivity contribution < 1.29 is 0 Å². The fourth-order valence-electron chi connectivity index (χ4n) is 2.11. The molecule has 19 heavy (non-hydrogen) atoms. The first-order valence-electron chi connectivity index (χ1n) is 6.03. The van der Waals surface area contributed by atoms with Crippen LogP contribution in [-0.4, -0.2) is 26.7 Å². The third-order valence-corrected chi connectivity index (χ3v) is 4.94. The van der Waals surface area contributed by atoms with Crippen molar-refractivity contribution in [3.63, 3.8) is 0 Å². The van der Waals surface area contributed by atoms with Gasteiger partial charge in [-0.15, -0.1) is 23.1 Å². The number of nitrogens with zero attached hydrogens (tertiary/aromatic N) is 3. The lowest BCUT2D eigenvalue weighted by molar-refractivity contribution is 0.772. The molecule has 3 heterocycles. The smallest absolute Gasteiger partial charge is 0.269 e. The van der Waals surface area contributed by atoms with Gasteiger partial charge < -0.3 is 5.73 Å². The summed E-state index contributed by atoms with van der Waals surface area (Å²) in [6.07, 6.45) is 0. The summed E-state index contributed by atoms with van der Waals surface area (Å²) in [5.41, 5.74) is 8.06. The first-order valence-corrected chi connectivity index (χ1v) is 7.90. The number of thioether (sulfide) groups is 1. The fraction of sp³-hybridized carbons (Fsp3) is 0.417. The Morgan fingerprint density at radius 1 is 1.53 bits per heavy atom. The summed E-state index contributed by atoms with van der Waals surface area (Å²) in [5, 5.41) is 2.71. The van der Waals surface area contributed by atoms with Crippen LogP contribution in [-0.2, 0) is 0 Å². The Kier molecular flexibility index (Phi) is 3.20. The maximum absolute atomic E-state index is 12.7. The van der Waals surface area contributed by atoms with Gasteiger partial charge in [-0.1, -0.05) is 0 Å². The number of nitrogens with two attached hydrogens (primary N) is 1. The standard InChI is InChI=1S/C12H14N4OS2/c1-6-5-19-12-15-9(7(2)13)8(11(17)16(6)12)10-14-3-4-18-10/h5,7H,3-4,13H2,1-2H3. The molecular weight excluding hydrogens is 280 g/mol. The molecule has 1 aliphatic rings. The largest absolute Gasteiger partial charge is 0.323 e. The van der Waals surface area contributed by atoms with E-state index in [1.54, 1.807) is 16.2 Å². The molecule has 0 spiro atoms. The van der Waals surface area contributed by atoms with Crippen LogP contribution >= 0.6 is 23.1 Å². The molecule has 1 unspecified atom stereocenters. The highest BCUT2D eigenvalue weighted by Gasteiger charge is 2.23. The Bertz CT molecular complexity index is 729. The average molecular weight is 294 g/mol. The van der Waals surface area contributed by atoms with Crippen molar-refractivity contribution in [1.82, 2.24) is 9.38 Å². The van der Waals surface area contributed by atoms with Crippen LogP contribution in [0.2, 0.25) is 0 Å². The normalized spacial score (nSPS) is 16.9. The number of aliphatic imine (C=N–C) groups is 1. The van der Waals surface area contributed by atoms with Crippen LogP contribution in [0.1, 0.15) is 29.9 Å². The van der Waals surface area contributed by atoms with Crippen LogP contribution in [0.15, 0.2) is 15.2 Å². The van der Waals surface area contributed by atoms with E-state index in [0.717, 1.165) is 23.0 Å². The first-order chi connectivity index (χ1) is 9.09. The van der Waals surface area contributed by atoms with Gasteiger partial charge in [0, 0.05) is 29.4 Å². The van der Waals surface area contributed by atoms with Gasteiger partial charge in [0.05, 0.1) is 11.3 Å². The van der Waals surface area contributed by atoms with E-state index in [4.69, 9.17) is 5.73 Å². The maximum Gasteiger partial charge on any atom is 0.269 e. The lowest BCUT2D eigenvalue weighted by Crippen LogP contribution is -2.27. The summed E-state index contributed by atoms with van der Waals surface area (Å²) in [7, 11) is 0. The molecule has 2 aromatic heterocycles. The van der Waals surface area contributed by atoms with Gasteiger partial charge in [0.15, 0.2) is 4.96 Å². The van der Waals surface area contributed by atoms with Crippen LogP contribution in [0.25, 0.3) is 4.96 Å². The Labute approximate surface area is 118 Å². The predicted molar refractivity (Wildman–Crippen MR) is 80.5 cm³/mol. The molecule has 2 N–H and O–H groups in total. The van der Waals surface area contributed by atoms with Crippen LogP contribution in [0.4, 0.5) is 0 Å². The minimum atomic E-state index is -0.279. The molecule has 5 nitrogen and oxygen atoms in total. The van der Waals surface area contributed by atoms with Gasteiger partial charge in [0.2, 0.25) is 0 Å². The zero-order chi connectivity index (χ0) is 13.6. The second kappa shape index (κ2) is 4.73. The van der Waals surface area contributed by atoms with Crippen LogP contribution in [0.3, 0.4) is 0 Å². The third kappa shape index (κ3) is 2.01. The molecule has 0 amide bonds. The highest BCUT2D eigenvalue weighted by atomic mass is 32.2. The summed E-state index contributed by atoms with van der Waals surface area (Å²) in [5.74, 6) is 0.915. The van der Waals surface area contributed by atoms with E-state index in [0.29, 0.717) is 16.2 Å². The number of hydrogen-bond donors (Lipinski definition) is 1. The van der Waals surface area contributed by atoms with Crippen molar-refractivity contribution in [1.29, 1.82) is 0 Å². The number of hydrogen-bond acceptors (Lipinski definition) is 6. The molecule has 100 valence electrons. The van der Waals surface area contributed by atoms with Crippen molar-refractivity contribution in [2.24, 2.45) is 10.7 Å². The molecular formula is C12H14N4OS2. The summed E-state index contributed by atoms with van der Waals surface area (Å²) in [6, 6.07) is -0.279. The molecule has 0 aromatic carbocycles. The van der Waals surface area contributed by atoms with Crippen molar-refractivity contribution >= 4 is 33.1 Å². The van der Waals surface area contributed by atoms with E-state index < -0.39 is 0 Å². The van der Waals surface area contributed by atoms with Crippen molar-refractivity contribution in [3.8, 4) is 0 Å². The van der Waals surface area contributed by atoms with E-state index >= 15 is 0 Å². The second-order valence-corrected chi connectivity index (χ2v) is 6.42. The zero-order valence-electron chi connectivity index (χ0n) is 10.7. The van der Waals surface area contributed by atoms with Gasteiger partial charge in [0.1, 0.15) is 5.04 Å². The number of aryl methyl sites for hydroxylation is 1. The lowest BCUT2D eigenvalue weighted by Gasteiger charge is -2.11. The monoisotopic (exact) mass is 294 g/mol. The summed E-state index contributed by atoms with van der Waals surface area (Å²) in [4.78, 5) is 22.4. The minimum absolute atomic E-state index is 0.0517. The van der Waals surface area contributed by atoms with Gasteiger partial charge in [0.25, 0.3) is 5.56 Å². The van der Waals surface area contributed by atoms with Gasteiger partial charge in [-0.25, -0.2) is 4.98 Å². The molecule has 0 fully saturated rings. The van der Waals surface area contributed by atoms with Crippen LogP contribution < -0.4 is 11.3 Å². The Hall–Kier alpha value is -1.18. The highest BCUT2D eigenvalue weighted by molar-refractivity contribution is 8.14. The van der Waals surface area contributed by atoms with E-state index in [-0.39, 0.29) is 11.6 Å². The average Bonchev–Trinajstić information content (AvgIpc) is 2.99. The van der Waals surface area contributed by atoms with Crippen molar-refractivity contribution in [3.05, 3.63) is 32.7 Å². The van der Waals surface area contributed by atoms with E-state index in [9.17, 15) is 4.79 Å². The molecule has 2 aromatic rings. The van der Waals surface area contributed by atoms with E-state index in [2.05, 4.69) is 9.98 Å². The van der Waals surface area contributed by atoms with Crippen LogP contribution in [0.5, 0.6) is 0 Å². The van der Waals surface area contributed by atoms with Crippen LogP contribution in [0, 0.1) is 6.92 Å². The van der Waals surface area contributed by atoms with Crippen molar-refractivity contribution in [2.45, 2.75) is 19.9 Å². The molecule has 1 aliphatic heterocycles. The van der Waals surface area contributed by atoms with Gasteiger partial charge in [-0.05, 0) is 13.8 Å². The summed E-state index contributed by atoms with van der Waals surface area (Å²) >= 11 is 3.06. The molecule has 1 atom stereocenters. The number of thiazole rings is 1. The number of aromatic nitrogens is 2. The first kappa shape index (κ1) is 12.8. The quantitative estimate of drug-likeness (QED) is 0.912. The van der Waals surface area contributed by atoms with E-state index in [1.165, 1.54) is 11.3 Å². The fourth-order valence-corrected chi connectivity index (χ4v) is 3.87. The molecule has 0 aliphatic carbocycles. The van der Waals surface area contributed by atoms with E-state index in [1.807, 2.05) is 19.2 Å². The molecule has 0 radical (unpaired) electrons. The lowest BCUT2D eigenvalue weighted by atomic mass is 10.1. The molecule has 0 bridgehead atoms. The van der Waals surface area contributed by atoms with Gasteiger partial charge >= 0.3 is 0 Å². The number of fused-ring (bicyclic) bond motifs is 1. The zero-order valence-corrected chi connectivity index (χ0v) is 12.3. The molecule has 7 heteroatoms. The maximum atomic E-state index is 12.7.